The summed E-state index contributed by atoms with van der Waals surface area (Å²) in [5, 5.41) is 7.25. The van der Waals surface area contributed by atoms with Gasteiger partial charge in [-0.2, -0.15) is 0 Å². The van der Waals surface area contributed by atoms with Crippen molar-refractivity contribution in [2.45, 2.75) is 59.3 Å². The van der Waals surface area contributed by atoms with Gasteiger partial charge in [-0.15, -0.1) is 0 Å². The number of hydrogen-bond donors (Lipinski definition) is 1. The van der Waals surface area contributed by atoms with Gasteiger partial charge in [-0.1, -0.05) is 63.4 Å². The Labute approximate surface area is 201 Å². The Morgan fingerprint density at radius 1 is 0.968 bits per heavy atom. The Hall–Kier alpha value is -1.92. The van der Waals surface area contributed by atoms with Crippen molar-refractivity contribution in [3.05, 3.63) is 67.6 Å². The molecule has 0 aliphatic heterocycles. The highest BCUT2D eigenvalue weighted by Crippen LogP contribution is 2.39. The van der Waals surface area contributed by atoms with Crippen LogP contribution in [-0.4, -0.2) is 11.1 Å². The number of nitrogens with one attached hydrogen (secondary N) is 1. The van der Waals surface area contributed by atoms with Crippen LogP contribution in [0.2, 0.25) is 0 Å². The zero-order valence-corrected chi connectivity index (χ0v) is 21.4. The van der Waals surface area contributed by atoms with Gasteiger partial charge in [0.05, 0.1) is 0 Å². The van der Waals surface area contributed by atoms with E-state index in [2.05, 4.69) is 75.2 Å². The van der Waals surface area contributed by atoms with Crippen LogP contribution in [0.15, 0.2) is 49.9 Å². The Morgan fingerprint density at radius 2 is 1.65 bits per heavy atom. The zero-order chi connectivity index (χ0) is 22.4. The second-order valence-electron chi connectivity index (χ2n) is 7.63. The zero-order valence-electron chi connectivity index (χ0n) is 18.2. The van der Waals surface area contributed by atoms with Crippen LogP contribution in [0.3, 0.4) is 0 Å². The van der Waals surface area contributed by atoms with E-state index in [1.807, 2.05) is 24.3 Å². The van der Waals surface area contributed by atoms with Gasteiger partial charge in [-0.3, -0.25) is 4.79 Å². The smallest absolute Gasteiger partial charge is 0.257 e. The molecule has 0 saturated heterocycles. The van der Waals surface area contributed by atoms with Gasteiger partial charge in [0.2, 0.25) is 0 Å². The minimum Gasteiger partial charge on any atom is -0.354 e. The Balaban J connectivity index is 1.96. The normalized spacial score (nSPS) is 11.0. The Morgan fingerprint density at radius 3 is 2.29 bits per heavy atom. The summed E-state index contributed by atoms with van der Waals surface area (Å²) in [6.45, 7) is 6.40. The minimum absolute atomic E-state index is 0.144. The van der Waals surface area contributed by atoms with E-state index in [0.29, 0.717) is 17.1 Å². The van der Waals surface area contributed by atoms with Gasteiger partial charge >= 0.3 is 0 Å². The maximum absolute atomic E-state index is 13.2. The molecule has 1 N–H and O–H groups in total. The van der Waals surface area contributed by atoms with Crippen molar-refractivity contribution in [1.29, 1.82) is 0 Å². The first-order valence-electron chi connectivity index (χ1n) is 10.9. The summed E-state index contributed by atoms with van der Waals surface area (Å²) < 4.78 is 7.55. The maximum Gasteiger partial charge on any atom is 0.257 e. The summed E-state index contributed by atoms with van der Waals surface area (Å²) in [6.07, 6.45) is 5.62. The maximum atomic E-state index is 13.2. The van der Waals surface area contributed by atoms with Crippen molar-refractivity contribution in [1.82, 2.24) is 5.16 Å². The van der Waals surface area contributed by atoms with E-state index in [4.69, 9.17) is 4.52 Å². The van der Waals surface area contributed by atoms with Gasteiger partial charge in [-0.05, 0) is 80.4 Å². The molecule has 0 unspecified atom stereocenters. The first-order valence-corrected chi connectivity index (χ1v) is 12.4. The number of amides is 1. The summed E-state index contributed by atoms with van der Waals surface area (Å²) in [5.74, 6) is 1.02. The van der Waals surface area contributed by atoms with Crippen LogP contribution in [0.5, 0.6) is 0 Å². The third-order valence-electron chi connectivity index (χ3n) is 5.18. The van der Waals surface area contributed by atoms with Gasteiger partial charge in [0.25, 0.3) is 5.91 Å². The largest absolute Gasteiger partial charge is 0.354 e. The lowest BCUT2D eigenvalue weighted by Crippen LogP contribution is -2.16. The minimum atomic E-state index is -0.144. The van der Waals surface area contributed by atoms with Crippen LogP contribution in [0.1, 0.15) is 67.1 Å². The highest BCUT2D eigenvalue weighted by atomic mass is 79.9. The molecule has 0 atom stereocenters. The van der Waals surface area contributed by atoms with Crippen molar-refractivity contribution in [3.63, 3.8) is 0 Å². The number of halogens is 2. The van der Waals surface area contributed by atoms with Gasteiger partial charge in [0.1, 0.15) is 0 Å². The molecule has 3 aromatic rings. The predicted molar refractivity (Wildman–Crippen MR) is 134 cm³/mol. The molecule has 3 rings (SSSR count). The molecular formula is C25H28Br2N2O2. The van der Waals surface area contributed by atoms with Crippen molar-refractivity contribution < 1.29 is 9.32 Å². The molecule has 6 heteroatoms. The van der Waals surface area contributed by atoms with Gasteiger partial charge in [-0.25, -0.2) is 0 Å². The molecule has 0 aliphatic rings. The molecule has 1 heterocycles. The average molecular weight is 548 g/mol. The number of hydrogen-bond acceptors (Lipinski definition) is 3. The molecule has 0 spiro atoms. The number of carbonyl (C=O) groups excluding carboxylic acids is 1. The molecule has 1 amide bonds. The van der Waals surface area contributed by atoms with Crippen LogP contribution >= 0.6 is 31.9 Å². The van der Waals surface area contributed by atoms with Gasteiger partial charge in [0, 0.05) is 25.6 Å². The molecule has 0 aliphatic carbocycles. The Bertz CT molecular complexity index is 1040. The fourth-order valence-electron chi connectivity index (χ4n) is 3.76. The topological polar surface area (TPSA) is 55.1 Å². The second-order valence-corrected chi connectivity index (χ2v) is 9.34. The molecule has 164 valence electrons. The fourth-order valence-corrected chi connectivity index (χ4v) is 5.12. The van der Waals surface area contributed by atoms with E-state index < -0.39 is 0 Å². The van der Waals surface area contributed by atoms with Gasteiger partial charge < -0.3 is 9.84 Å². The van der Waals surface area contributed by atoms with Gasteiger partial charge in [0.15, 0.2) is 11.6 Å². The molecule has 0 radical (unpaired) electrons. The molecule has 2 aromatic carbocycles. The quantitative estimate of drug-likeness (QED) is 0.295. The second kappa shape index (κ2) is 11.1. The van der Waals surface area contributed by atoms with Crippen molar-refractivity contribution in [2.75, 3.05) is 5.32 Å². The van der Waals surface area contributed by atoms with E-state index in [0.717, 1.165) is 64.2 Å². The lowest BCUT2D eigenvalue weighted by Gasteiger charge is -2.12. The van der Waals surface area contributed by atoms with Crippen molar-refractivity contribution in [2.24, 2.45) is 0 Å². The van der Waals surface area contributed by atoms with Crippen LogP contribution in [0.4, 0.5) is 5.82 Å². The highest BCUT2D eigenvalue weighted by molar-refractivity contribution is 9.11. The highest BCUT2D eigenvalue weighted by Gasteiger charge is 2.23. The molecule has 0 bridgehead atoms. The number of aromatic nitrogens is 1. The van der Waals surface area contributed by atoms with E-state index in [1.54, 1.807) is 0 Å². The van der Waals surface area contributed by atoms with Crippen molar-refractivity contribution >= 4 is 43.6 Å². The number of rotatable bonds is 9. The average Bonchev–Trinajstić information content (AvgIpc) is 3.11. The van der Waals surface area contributed by atoms with Crippen molar-refractivity contribution in [3.8, 4) is 11.3 Å². The number of anilines is 1. The third kappa shape index (κ3) is 5.47. The fraction of sp³-hybridized carbons (Fsp3) is 0.360. The van der Waals surface area contributed by atoms with E-state index in [-0.39, 0.29) is 5.91 Å². The first kappa shape index (κ1) is 23.7. The molecule has 0 saturated carbocycles. The first-order chi connectivity index (χ1) is 15.0. The van der Waals surface area contributed by atoms with E-state index in [9.17, 15) is 4.79 Å². The predicted octanol–water partition coefficient (Wildman–Crippen LogP) is 7.98. The number of carbonyl (C=O) groups is 1. The standard InChI is InChI=1S/C25H28Br2N2O2/c1-4-8-16-13-14-18(17(15-16)9-5-2)25(30)28-24-19(10-6-3)23(31-29-24)22-20(26)11-7-12-21(22)27/h7,11-15H,4-6,8-10H2,1-3H3,(H,28,29,30). The molecule has 1 aromatic heterocycles. The van der Waals surface area contributed by atoms with E-state index in [1.165, 1.54) is 5.56 Å². The van der Waals surface area contributed by atoms with Crippen LogP contribution in [0.25, 0.3) is 11.3 Å². The monoisotopic (exact) mass is 546 g/mol. The lowest BCUT2D eigenvalue weighted by molar-refractivity contribution is 0.102. The number of aryl methyl sites for hydroxylation is 2. The number of benzene rings is 2. The molecular weight excluding hydrogens is 520 g/mol. The lowest BCUT2D eigenvalue weighted by atomic mass is 9.97. The molecule has 31 heavy (non-hydrogen) atoms. The summed E-state index contributed by atoms with van der Waals surface area (Å²) >= 11 is 7.21. The van der Waals surface area contributed by atoms with Crippen LogP contribution < -0.4 is 5.32 Å². The summed E-state index contributed by atoms with van der Waals surface area (Å²) in [7, 11) is 0. The summed E-state index contributed by atoms with van der Waals surface area (Å²) in [6, 6.07) is 12.0. The Kier molecular flexibility index (Phi) is 8.50. The summed E-state index contributed by atoms with van der Waals surface area (Å²) in [4.78, 5) is 13.2. The third-order valence-corrected chi connectivity index (χ3v) is 6.50. The van der Waals surface area contributed by atoms with Crippen LogP contribution in [-0.2, 0) is 19.3 Å². The number of nitrogens with zero attached hydrogens (tertiary/aromatic N) is 1. The molecule has 0 fully saturated rings. The van der Waals surface area contributed by atoms with E-state index >= 15 is 0 Å². The SMILES string of the molecule is CCCc1ccc(C(=O)Nc2noc(-c3c(Br)cccc3Br)c2CCC)c(CCC)c1. The summed E-state index contributed by atoms with van der Waals surface area (Å²) in [5.41, 5.74) is 4.87. The molecule has 4 nitrogen and oxygen atoms in total. The van der Waals surface area contributed by atoms with Crippen LogP contribution in [0, 0.1) is 0 Å².